The molecule has 3 aromatic rings. The summed E-state index contributed by atoms with van der Waals surface area (Å²) in [5, 5.41) is 3.98. The summed E-state index contributed by atoms with van der Waals surface area (Å²) in [6.07, 6.45) is 2.34. The van der Waals surface area contributed by atoms with Crippen molar-refractivity contribution >= 4 is 28.1 Å². The molecule has 0 aromatic heterocycles. The third-order valence-corrected chi connectivity index (χ3v) is 5.15. The van der Waals surface area contributed by atoms with E-state index in [0.29, 0.717) is 23.9 Å². The highest BCUT2D eigenvalue weighted by Crippen LogP contribution is 2.28. The van der Waals surface area contributed by atoms with Crippen LogP contribution in [-0.4, -0.2) is 32.4 Å². The Labute approximate surface area is 196 Å². The zero-order chi connectivity index (χ0) is 22.8. The number of hydrazone groups is 1. The minimum atomic E-state index is -0.360. The van der Waals surface area contributed by atoms with Crippen molar-refractivity contribution in [2.75, 3.05) is 20.3 Å². The van der Waals surface area contributed by atoms with Crippen molar-refractivity contribution in [1.29, 1.82) is 0 Å². The summed E-state index contributed by atoms with van der Waals surface area (Å²) in [5.41, 5.74) is 5.53. The van der Waals surface area contributed by atoms with Crippen LogP contribution in [-0.2, 0) is 11.2 Å². The molecule has 3 rings (SSSR count). The Morgan fingerprint density at radius 1 is 1.00 bits per heavy atom. The number of ether oxygens (including phenoxy) is 3. The first-order chi connectivity index (χ1) is 15.5. The van der Waals surface area contributed by atoms with E-state index in [0.717, 1.165) is 22.0 Å². The Morgan fingerprint density at radius 2 is 1.78 bits per heavy atom. The summed E-state index contributed by atoms with van der Waals surface area (Å²) in [6, 6.07) is 21.3. The number of hydrogen-bond donors (Lipinski definition) is 1. The van der Waals surface area contributed by atoms with Gasteiger partial charge in [-0.2, -0.15) is 5.10 Å². The monoisotopic (exact) mass is 496 g/mol. The Morgan fingerprint density at radius 3 is 2.53 bits per heavy atom. The second-order valence-corrected chi connectivity index (χ2v) is 7.86. The Kier molecular flexibility index (Phi) is 8.69. The molecule has 0 heterocycles. The molecule has 0 saturated heterocycles. The number of hydrogen-bond acceptors (Lipinski definition) is 5. The Hall–Kier alpha value is -3.32. The first kappa shape index (κ1) is 23.3. The van der Waals surface area contributed by atoms with Gasteiger partial charge < -0.3 is 14.2 Å². The molecule has 0 aliphatic rings. The summed E-state index contributed by atoms with van der Waals surface area (Å²) in [4.78, 5) is 12.0. The maximum absolute atomic E-state index is 12.0. The SMILES string of the molecule is COc1cc(/C=N/NC(=O)COc2ccc(C)cc2Br)ccc1OCCc1ccccc1. The molecule has 7 heteroatoms. The topological polar surface area (TPSA) is 69.2 Å². The Bertz CT molecular complexity index is 1070. The third kappa shape index (κ3) is 7.13. The molecule has 0 radical (unpaired) electrons. The second kappa shape index (κ2) is 11.9. The predicted molar refractivity (Wildman–Crippen MR) is 129 cm³/mol. The van der Waals surface area contributed by atoms with Gasteiger partial charge in [0.25, 0.3) is 5.91 Å². The summed E-state index contributed by atoms with van der Waals surface area (Å²) in [5.74, 6) is 1.49. The fraction of sp³-hybridized carbons (Fsp3) is 0.200. The van der Waals surface area contributed by atoms with Crippen LogP contribution >= 0.6 is 15.9 Å². The van der Waals surface area contributed by atoms with Crippen molar-refractivity contribution < 1.29 is 19.0 Å². The van der Waals surface area contributed by atoms with Crippen LogP contribution in [0.5, 0.6) is 17.2 Å². The normalized spacial score (nSPS) is 10.7. The van der Waals surface area contributed by atoms with Crippen molar-refractivity contribution in [2.45, 2.75) is 13.3 Å². The highest BCUT2D eigenvalue weighted by atomic mass is 79.9. The molecule has 6 nitrogen and oxygen atoms in total. The lowest BCUT2D eigenvalue weighted by Crippen LogP contribution is -2.24. The van der Waals surface area contributed by atoms with Gasteiger partial charge in [-0.15, -0.1) is 0 Å². The van der Waals surface area contributed by atoms with Crippen LogP contribution in [0.15, 0.2) is 76.3 Å². The predicted octanol–water partition coefficient (Wildman–Crippen LogP) is 4.92. The van der Waals surface area contributed by atoms with E-state index in [1.807, 2.05) is 55.5 Å². The van der Waals surface area contributed by atoms with Gasteiger partial charge in [-0.1, -0.05) is 36.4 Å². The molecule has 0 spiro atoms. The summed E-state index contributed by atoms with van der Waals surface area (Å²) >= 11 is 3.42. The van der Waals surface area contributed by atoms with E-state index in [1.165, 1.54) is 11.8 Å². The van der Waals surface area contributed by atoms with Gasteiger partial charge in [0.1, 0.15) is 5.75 Å². The van der Waals surface area contributed by atoms with Crippen molar-refractivity contribution in [3.8, 4) is 17.2 Å². The molecule has 166 valence electrons. The zero-order valence-corrected chi connectivity index (χ0v) is 19.6. The van der Waals surface area contributed by atoms with E-state index in [2.05, 4.69) is 38.6 Å². The number of amides is 1. The number of methoxy groups -OCH3 is 1. The summed E-state index contributed by atoms with van der Waals surface area (Å²) in [6.45, 7) is 2.38. The van der Waals surface area contributed by atoms with Gasteiger partial charge in [0.05, 0.1) is 24.4 Å². The first-order valence-electron chi connectivity index (χ1n) is 10.1. The zero-order valence-electron chi connectivity index (χ0n) is 18.0. The molecule has 0 aliphatic heterocycles. The average Bonchev–Trinajstić information content (AvgIpc) is 2.80. The van der Waals surface area contributed by atoms with Crippen molar-refractivity contribution in [3.63, 3.8) is 0 Å². The van der Waals surface area contributed by atoms with E-state index in [4.69, 9.17) is 14.2 Å². The maximum atomic E-state index is 12.0. The smallest absolute Gasteiger partial charge is 0.277 e. The molecule has 0 fully saturated rings. The van der Waals surface area contributed by atoms with Crippen LogP contribution in [0, 0.1) is 6.92 Å². The van der Waals surface area contributed by atoms with Gasteiger partial charge in [-0.05, 0) is 69.9 Å². The van der Waals surface area contributed by atoms with Gasteiger partial charge in [-0.3, -0.25) is 4.79 Å². The highest BCUT2D eigenvalue weighted by Gasteiger charge is 2.07. The first-order valence-corrected chi connectivity index (χ1v) is 10.9. The number of nitrogens with one attached hydrogen (secondary N) is 1. The number of carbonyl (C=O) groups is 1. The van der Waals surface area contributed by atoms with E-state index in [1.54, 1.807) is 13.2 Å². The van der Waals surface area contributed by atoms with Crippen molar-refractivity contribution in [1.82, 2.24) is 5.43 Å². The molecule has 0 saturated carbocycles. The van der Waals surface area contributed by atoms with Gasteiger partial charge in [0.15, 0.2) is 18.1 Å². The molecule has 0 unspecified atom stereocenters. The molecule has 1 N–H and O–H groups in total. The summed E-state index contributed by atoms with van der Waals surface area (Å²) in [7, 11) is 1.59. The molecular weight excluding hydrogens is 472 g/mol. The lowest BCUT2D eigenvalue weighted by molar-refractivity contribution is -0.123. The van der Waals surface area contributed by atoms with Crippen LogP contribution in [0.2, 0.25) is 0 Å². The van der Waals surface area contributed by atoms with Crippen LogP contribution < -0.4 is 19.6 Å². The van der Waals surface area contributed by atoms with Crippen molar-refractivity contribution in [2.24, 2.45) is 5.10 Å². The van der Waals surface area contributed by atoms with Crippen LogP contribution in [0.1, 0.15) is 16.7 Å². The van der Waals surface area contributed by atoms with Crippen LogP contribution in [0.4, 0.5) is 0 Å². The van der Waals surface area contributed by atoms with Crippen LogP contribution in [0.25, 0.3) is 0 Å². The van der Waals surface area contributed by atoms with Gasteiger partial charge in [-0.25, -0.2) is 5.43 Å². The number of aryl methyl sites for hydroxylation is 1. The second-order valence-electron chi connectivity index (χ2n) is 7.01. The number of nitrogens with zero attached hydrogens (tertiary/aromatic N) is 1. The van der Waals surface area contributed by atoms with E-state index in [9.17, 15) is 4.79 Å². The van der Waals surface area contributed by atoms with E-state index >= 15 is 0 Å². The molecule has 1 amide bonds. The fourth-order valence-corrected chi connectivity index (χ4v) is 3.49. The lowest BCUT2D eigenvalue weighted by Gasteiger charge is -2.11. The minimum absolute atomic E-state index is 0.142. The number of rotatable bonds is 10. The summed E-state index contributed by atoms with van der Waals surface area (Å²) < 4.78 is 17.6. The number of halogens is 1. The highest BCUT2D eigenvalue weighted by molar-refractivity contribution is 9.10. The standard InChI is InChI=1S/C25H25BrN2O4/c1-18-8-10-22(21(26)14-18)32-17-25(29)28-27-16-20-9-11-23(24(15-20)30-2)31-13-12-19-6-4-3-5-7-19/h3-11,14-16H,12-13,17H2,1-2H3,(H,28,29)/b27-16+. The maximum Gasteiger partial charge on any atom is 0.277 e. The molecule has 0 aliphatic carbocycles. The molecular formula is C25H25BrN2O4. The van der Waals surface area contributed by atoms with Gasteiger partial charge in [0, 0.05) is 6.42 Å². The number of benzene rings is 3. The number of carbonyl (C=O) groups excluding carboxylic acids is 1. The van der Waals surface area contributed by atoms with E-state index in [-0.39, 0.29) is 12.5 Å². The van der Waals surface area contributed by atoms with Gasteiger partial charge >= 0.3 is 0 Å². The molecule has 32 heavy (non-hydrogen) atoms. The Balaban J connectivity index is 1.48. The quantitative estimate of drug-likeness (QED) is 0.319. The van der Waals surface area contributed by atoms with Crippen LogP contribution in [0.3, 0.4) is 0 Å². The fourth-order valence-electron chi connectivity index (χ4n) is 2.88. The van der Waals surface area contributed by atoms with E-state index < -0.39 is 0 Å². The molecule has 0 bridgehead atoms. The molecule has 3 aromatic carbocycles. The minimum Gasteiger partial charge on any atom is -0.493 e. The van der Waals surface area contributed by atoms with Gasteiger partial charge in [0.2, 0.25) is 0 Å². The average molecular weight is 497 g/mol. The van der Waals surface area contributed by atoms with Crippen molar-refractivity contribution in [3.05, 3.63) is 87.9 Å². The molecule has 0 atom stereocenters. The lowest BCUT2D eigenvalue weighted by atomic mass is 10.2. The third-order valence-electron chi connectivity index (χ3n) is 4.53. The largest absolute Gasteiger partial charge is 0.493 e.